The molecule has 51 heavy (non-hydrogen) atoms. The van der Waals surface area contributed by atoms with Gasteiger partial charge in [0.1, 0.15) is 30.2 Å². The van der Waals surface area contributed by atoms with E-state index in [9.17, 15) is 38.7 Å². The highest BCUT2D eigenvalue weighted by Gasteiger charge is 2.39. The van der Waals surface area contributed by atoms with E-state index in [2.05, 4.69) is 21.3 Å². The number of carboxylic acid groups (broad SMARTS) is 1. The molecular weight excluding hydrogens is 684 g/mol. The highest BCUT2D eigenvalue weighted by atomic mass is 32.2. The Labute approximate surface area is 304 Å². The second kappa shape index (κ2) is 25.4. The number of hydrogen-bond acceptors (Lipinski definition) is 12. The van der Waals surface area contributed by atoms with Gasteiger partial charge in [0.25, 0.3) is 0 Å². The Balaban J connectivity index is 3.17. The van der Waals surface area contributed by atoms with Crippen LogP contribution in [-0.4, -0.2) is 126 Å². The number of nitrogens with zero attached hydrogens (tertiary/aromatic N) is 1. The number of rotatable bonds is 27. The number of primary amides is 1. The van der Waals surface area contributed by atoms with Crippen LogP contribution in [0, 0.1) is 0 Å². The van der Waals surface area contributed by atoms with Crippen molar-refractivity contribution in [3.8, 4) is 0 Å². The number of aliphatic carboxylic acids is 1. The van der Waals surface area contributed by atoms with Crippen LogP contribution in [0.1, 0.15) is 83.5 Å². The van der Waals surface area contributed by atoms with Crippen molar-refractivity contribution in [1.29, 1.82) is 0 Å². The van der Waals surface area contributed by atoms with E-state index >= 15 is 0 Å². The number of likely N-dealkylation sites (tertiary alicyclic amines) is 1. The van der Waals surface area contributed by atoms with Gasteiger partial charge in [-0.3, -0.25) is 28.8 Å². The summed E-state index contributed by atoms with van der Waals surface area (Å²) in [5, 5.41) is 19.9. The molecule has 0 aromatic heterocycles. The summed E-state index contributed by atoms with van der Waals surface area (Å²) in [6, 6.07) is -6.56. The van der Waals surface area contributed by atoms with Gasteiger partial charge < -0.3 is 59.9 Å². The van der Waals surface area contributed by atoms with E-state index in [1.54, 1.807) is 0 Å². The Hall–Kier alpha value is -3.52. The van der Waals surface area contributed by atoms with E-state index in [1.165, 1.54) is 16.7 Å². The van der Waals surface area contributed by atoms with Gasteiger partial charge in [0.15, 0.2) is 0 Å². The van der Waals surface area contributed by atoms with E-state index in [0.717, 1.165) is 6.42 Å². The zero-order chi connectivity index (χ0) is 38.3. The Morgan fingerprint density at radius 1 is 0.725 bits per heavy atom. The molecule has 292 valence electrons. The van der Waals surface area contributed by atoms with E-state index in [1.807, 2.05) is 6.26 Å². The number of hydrogen-bond donors (Lipinski definition) is 10. The zero-order valence-electron chi connectivity index (χ0n) is 29.7. The second-order valence-corrected chi connectivity index (χ2v) is 13.7. The van der Waals surface area contributed by atoms with E-state index in [4.69, 9.17) is 28.7 Å². The third-order valence-electron chi connectivity index (χ3n) is 8.55. The minimum atomic E-state index is -1.61. The first-order chi connectivity index (χ1) is 24.3. The first-order valence-electron chi connectivity index (χ1n) is 17.7. The van der Waals surface area contributed by atoms with Crippen LogP contribution in [0.5, 0.6) is 0 Å². The summed E-state index contributed by atoms with van der Waals surface area (Å²) >= 11 is 1.51. The molecule has 1 aliphatic heterocycles. The molecule has 19 heteroatoms. The lowest BCUT2D eigenvalue weighted by Crippen LogP contribution is -2.59. The molecule has 15 N–H and O–H groups in total. The van der Waals surface area contributed by atoms with Crippen LogP contribution < -0.4 is 49.9 Å². The first kappa shape index (κ1) is 45.5. The molecule has 1 aliphatic rings. The number of carbonyl (C=O) groups is 7. The van der Waals surface area contributed by atoms with E-state index in [-0.39, 0.29) is 19.4 Å². The van der Waals surface area contributed by atoms with Crippen molar-refractivity contribution < 1.29 is 38.7 Å². The molecule has 1 heterocycles. The normalized spacial score (nSPS) is 17.0. The predicted molar refractivity (Wildman–Crippen MR) is 194 cm³/mol. The molecule has 0 aliphatic carbocycles. The molecule has 1 saturated heterocycles. The van der Waals surface area contributed by atoms with Crippen molar-refractivity contribution in [2.45, 2.75) is 120 Å². The van der Waals surface area contributed by atoms with Crippen LogP contribution >= 0.6 is 11.8 Å². The molecule has 0 bridgehead atoms. The Morgan fingerprint density at radius 3 is 1.75 bits per heavy atom. The number of nitrogens with two attached hydrogens (primary N) is 5. The first-order valence-corrected chi connectivity index (χ1v) is 19.1. The Kier molecular flexibility index (Phi) is 22.7. The summed E-state index contributed by atoms with van der Waals surface area (Å²) in [7, 11) is 0. The molecule has 1 rings (SSSR count). The number of amides is 6. The van der Waals surface area contributed by atoms with Gasteiger partial charge in [0, 0.05) is 6.54 Å². The van der Waals surface area contributed by atoms with Gasteiger partial charge in [-0.1, -0.05) is 6.42 Å². The third kappa shape index (κ3) is 17.0. The van der Waals surface area contributed by atoms with Crippen LogP contribution in [-0.2, 0) is 33.6 Å². The standard InChI is InChI=1S/C32H60N10O8S/c1-51-18-13-23(40-27(44)20(36)9-2-5-14-33)31(48)42-17-8-12-25(42)30(47)39-22(11-4-7-16-35)28(45)38-21(10-3-6-15-34)29(46)41-24(32(49)50)19-26(37)43/h20-25H,2-19,33-36H2,1H3,(H2,37,43)(H,38,45)(H,39,47)(H,40,44)(H,41,46)(H,49,50)/t20-,21-,22-,23-,24-,25-/m0/s1. The quantitative estimate of drug-likeness (QED) is 0.0385. The molecule has 0 radical (unpaired) electrons. The van der Waals surface area contributed by atoms with E-state index in [0.29, 0.717) is 83.2 Å². The summed E-state index contributed by atoms with van der Waals surface area (Å²) in [4.78, 5) is 91.7. The van der Waals surface area contributed by atoms with Crippen LogP contribution in [0.25, 0.3) is 0 Å². The molecule has 18 nitrogen and oxygen atoms in total. The Morgan fingerprint density at radius 2 is 1.24 bits per heavy atom. The Bertz CT molecular complexity index is 1150. The van der Waals surface area contributed by atoms with Gasteiger partial charge in [-0.25, -0.2) is 4.79 Å². The van der Waals surface area contributed by atoms with Gasteiger partial charge in [-0.2, -0.15) is 11.8 Å². The molecule has 0 unspecified atom stereocenters. The van der Waals surface area contributed by atoms with Crippen molar-refractivity contribution in [3.63, 3.8) is 0 Å². The van der Waals surface area contributed by atoms with Crippen molar-refractivity contribution in [1.82, 2.24) is 26.2 Å². The van der Waals surface area contributed by atoms with E-state index < -0.39 is 84.1 Å². The number of carbonyl (C=O) groups excluding carboxylic acids is 6. The number of thioether (sulfide) groups is 1. The van der Waals surface area contributed by atoms with Crippen molar-refractivity contribution in [2.75, 3.05) is 38.2 Å². The SMILES string of the molecule is CSCC[C@H](NC(=O)[C@@H](N)CCCCN)C(=O)N1CCC[C@H]1C(=O)N[C@@H](CCCCN)C(=O)N[C@@H](CCCCN)C(=O)N[C@@H](CC(N)=O)C(=O)O. The third-order valence-corrected chi connectivity index (χ3v) is 9.19. The average Bonchev–Trinajstić information content (AvgIpc) is 3.58. The van der Waals surface area contributed by atoms with Crippen molar-refractivity contribution in [3.05, 3.63) is 0 Å². The maximum Gasteiger partial charge on any atom is 0.326 e. The van der Waals surface area contributed by atoms with Crippen LogP contribution in [0.3, 0.4) is 0 Å². The highest BCUT2D eigenvalue weighted by molar-refractivity contribution is 7.98. The molecule has 0 spiro atoms. The van der Waals surface area contributed by atoms with Gasteiger partial charge in [-0.05, 0) is 102 Å². The lowest BCUT2D eigenvalue weighted by atomic mass is 10.0. The largest absolute Gasteiger partial charge is 0.480 e. The highest BCUT2D eigenvalue weighted by Crippen LogP contribution is 2.21. The number of carboxylic acids is 1. The van der Waals surface area contributed by atoms with Gasteiger partial charge >= 0.3 is 5.97 Å². The summed E-state index contributed by atoms with van der Waals surface area (Å²) in [5.41, 5.74) is 28.0. The monoisotopic (exact) mass is 744 g/mol. The average molecular weight is 745 g/mol. The summed E-state index contributed by atoms with van der Waals surface area (Å²) < 4.78 is 0. The van der Waals surface area contributed by atoms with Crippen molar-refractivity contribution >= 4 is 53.2 Å². The predicted octanol–water partition coefficient (Wildman–Crippen LogP) is -2.66. The molecule has 0 aromatic carbocycles. The van der Waals surface area contributed by atoms with Gasteiger partial charge in [0.05, 0.1) is 12.5 Å². The second-order valence-electron chi connectivity index (χ2n) is 12.7. The summed E-state index contributed by atoms with van der Waals surface area (Å²) in [6.07, 6.45) is 6.42. The fourth-order valence-corrected chi connectivity index (χ4v) is 6.12. The molecular formula is C32H60N10O8S. The smallest absolute Gasteiger partial charge is 0.326 e. The zero-order valence-corrected chi connectivity index (χ0v) is 30.6. The summed E-state index contributed by atoms with van der Waals surface area (Å²) in [5.74, 6) is -4.83. The number of nitrogens with one attached hydrogen (secondary N) is 4. The number of unbranched alkanes of at least 4 members (excludes halogenated alkanes) is 3. The molecule has 1 fully saturated rings. The maximum atomic E-state index is 13.8. The lowest BCUT2D eigenvalue weighted by Gasteiger charge is -2.30. The minimum absolute atomic E-state index is 0.103. The summed E-state index contributed by atoms with van der Waals surface area (Å²) in [6.45, 7) is 1.41. The van der Waals surface area contributed by atoms with Gasteiger partial charge in [0.2, 0.25) is 35.4 Å². The molecule has 6 amide bonds. The van der Waals surface area contributed by atoms with Crippen LogP contribution in [0.2, 0.25) is 0 Å². The molecule has 0 aromatic rings. The molecule has 0 saturated carbocycles. The topological polar surface area (TPSA) is 321 Å². The maximum absolute atomic E-state index is 13.8. The van der Waals surface area contributed by atoms with Crippen molar-refractivity contribution in [2.24, 2.45) is 28.7 Å². The fourth-order valence-electron chi connectivity index (χ4n) is 5.65. The fraction of sp³-hybridized carbons (Fsp3) is 0.781. The lowest BCUT2D eigenvalue weighted by molar-refractivity contribution is -0.144. The minimum Gasteiger partial charge on any atom is -0.480 e. The van der Waals surface area contributed by atoms with Crippen LogP contribution in [0.4, 0.5) is 0 Å². The van der Waals surface area contributed by atoms with Crippen LogP contribution in [0.15, 0.2) is 0 Å². The van der Waals surface area contributed by atoms with Gasteiger partial charge in [-0.15, -0.1) is 0 Å². The molecule has 6 atom stereocenters.